The van der Waals surface area contributed by atoms with Gasteiger partial charge in [0.05, 0.1) is 12.8 Å². The summed E-state index contributed by atoms with van der Waals surface area (Å²) in [5.74, 6) is 1.55. The zero-order valence-electron chi connectivity index (χ0n) is 14.3. The number of hydrogen-bond donors (Lipinski definition) is 0. The molecule has 1 fully saturated rings. The van der Waals surface area contributed by atoms with Crippen molar-refractivity contribution < 1.29 is 9.53 Å². The summed E-state index contributed by atoms with van der Waals surface area (Å²) < 4.78 is 5.18. The molecule has 0 saturated carbocycles. The van der Waals surface area contributed by atoms with Gasteiger partial charge < -0.3 is 14.5 Å². The van der Waals surface area contributed by atoms with Gasteiger partial charge in [-0.2, -0.15) is 0 Å². The molecular weight excluding hydrogens is 338 g/mol. The molecule has 1 saturated heterocycles. The molecule has 0 spiro atoms. The third-order valence-electron chi connectivity index (χ3n) is 4.74. The van der Waals surface area contributed by atoms with Crippen molar-refractivity contribution in [1.29, 1.82) is 0 Å². The summed E-state index contributed by atoms with van der Waals surface area (Å²) in [5.41, 5.74) is 1.07. The molecule has 2 aliphatic heterocycles. The number of amides is 1. The van der Waals surface area contributed by atoms with Crippen LogP contribution in [0.5, 0.6) is 5.88 Å². The molecule has 0 radical (unpaired) electrons. The summed E-state index contributed by atoms with van der Waals surface area (Å²) in [7, 11) is 1.61. The van der Waals surface area contributed by atoms with Gasteiger partial charge in [0.1, 0.15) is 12.1 Å². The Hall–Kier alpha value is -2.22. The second-order valence-electron chi connectivity index (χ2n) is 6.29. The van der Waals surface area contributed by atoms with Gasteiger partial charge in [-0.05, 0) is 12.8 Å². The Labute approximate surface area is 150 Å². The summed E-state index contributed by atoms with van der Waals surface area (Å²) >= 11 is 1.56. The molecule has 7 nitrogen and oxygen atoms in total. The van der Waals surface area contributed by atoms with E-state index < -0.39 is 0 Å². The molecule has 1 amide bonds. The first-order valence-corrected chi connectivity index (χ1v) is 9.45. The van der Waals surface area contributed by atoms with Crippen LogP contribution in [-0.2, 0) is 12.8 Å². The number of likely N-dealkylation sites (tertiary alicyclic amines) is 1. The van der Waals surface area contributed by atoms with Gasteiger partial charge in [0.15, 0.2) is 5.01 Å². The average molecular weight is 359 g/mol. The van der Waals surface area contributed by atoms with Crippen molar-refractivity contribution in [2.24, 2.45) is 0 Å². The number of carbonyl (C=O) groups excluding carboxylic acids is 1. The van der Waals surface area contributed by atoms with E-state index in [9.17, 15) is 4.79 Å². The van der Waals surface area contributed by atoms with Gasteiger partial charge >= 0.3 is 0 Å². The number of carbonyl (C=O) groups is 1. The van der Waals surface area contributed by atoms with Crippen LogP contribution in [0.1, 0.15) is 33.2 Å². The van der Waals surface area contributed by atoms with E-state index in [1.54, 1.807) is 18.4 Å². The van der Waals surface area contributed by atoms with Crippen molar-refractivity contribution in [2.75, 3.05) is 38.2 Å². The maximum atomic E-state index is 12.5. The lowest BCUT2D eigenvalue weighted by atomic mass is 10.2. The summed E-state index contributed by atoms with van der Waals surface area (Å²) in [6, 6.07) is 1.86. The van der Waals surface area contributed by atoms with Crippen LogP contribution in [0.2, 0.25) is 0 Å². The van der Waals surface area contributed by atoms with E-state index in [2.05, 4.69) is 19.9 Å². The first kappa shape index (κ1) is 16.3. The number of rotatable bonds is 3. The summed E-state index contributed by atoms with van der Waals surface area (Å²) in [6.07, 6.45) is 5.44. The Bertz CT molecular complexity index is 747. The lowest BCUT2D eigenvalue weighted by Crippen LogP contribution is -2.28. The van der Waals surface area contributed by atoms with Gasteiger partial charge in [-0.25, -0.2) is 15.0 Å². The van der Waals surface area contributed by atoms with Gasteiger partial charge in [0, 0.05) is 50.0 Å². The normalized spacial score (nSPS) is 17.3. The highest BCUT2D eigenvalue weighted by atomic mass is 32.1. The molecular formula is C17H21N5O2S. The van der Waals surface area contributed by atoms with Crippen LogP contribution in [0, 0.1) is 0 Å². The lowest BCUT2D eigenvalue weighted by Gasteiger charge is -2.21. The predicted molar refractivity (Wildman–Crippen MR) is 95.5 cm³/mol. The topological polar surface area (TPSA) is 71.5 Å². The molecule has 0 unspecified atom stereocenters. The molecule has 2 aromatic heterocycles. The van der Waals surface area contributed by atoms with Crippen LogP contribution in [0.25, 0.3) is 0 Å². The van der Waals surface area contributed by atoms with Gasteiger partial charge in [0.25, 0.3) is 5.91 Å². The molecule has 0 atom stereocenters. The van der Waals surface area contributed by atoms with Crippen molar-refractivity contribution in [3.8, 4) is 5.88 Å². The third kappa shape index (κ3) is 3.30. The zero-order chi connectivity index (χ0) is 17.2. The minimum Gasteiger partial charge on any atom is -0.481 e. The zero-order valence-corrected chi connectivity index (χ0v) is 15.1. The van der Waals surface area contributed by atoms with Crippen LogP contribution in [0.4, 0.5) is 5.82 Å². The van der Waals surface area contributed by atoms with Gasteiger partial charge in [-0.15, -0.1) is 11.3 Å². The SMILES string of the molecule is COc1cc(N2CCc3nc(C(=O)N4CCCC4)sc3CC2)ncn1. The number of hydrogen-bond acceptors (Lipinski definition) is 7. The lowest BCUT2D eigenvalue weighted by molar-refractivity contribution is 0.0792. The van der Waals surface area contributed by atoms with E-state index in [-0.39, 0.29) is 5.91 Å². The number of methoxy groups -OCH3 is 1. The molecule has 2 aromatic rings. The van der Waals surface area contributed by atoms with E-state index in [4.69, 9.17) is 4.74 Å². The minimum absolute atomic E-state index is 0.105. The number of ether oxygens (including phenoxy) is 1. The number of anilines is 1. The molecule has 8 heteroatoms. The van der Waals surface area contributed by atoms with Gasteiger partial charge in [-0.1, -0.05) is 0 Å². The van der Waals surface area contributed by atoms with Crippen molar-refractivity contribution in [3.05, 3.63) is 28.0 Å². The van der Waals surface area contributed by atoms with Crippen LogP contribution in [0.3, 0.4) is 0 Å². The van der Waals surface area contributed by atoms with Crippen LogP contribution >= 0.6 is 11.3 Å². The quantitative estimate of drug-likeness (QED) is 0.832. The predicted octanol–water partition coefficient (Wildman–Crippen LogP) is 1.78. The average Bonchev–Trinajstić information content (AvgIpc) is 3.28. The van der Waals surface area contributed by atoms with E-state index in [0.717, 1.165) is 63.4 Å². The smallest absolute Gasteiger partial charge is 0.282 e. The number of fused-ring (bicyclic) bond motifs is 1. The Kier molecular flexibility index (Phi) is 4.52. The molecule has 132 valence electrons. The molecule has 0 N–H and O–H groups in total. The first-order valence-electron chi connectivity index (χ1n) is 8.63. The Morgan fingerprint density at radius 3 is 2.76 bits per heavy atom. The van der Waals surface area contributed by atoms with E-state index in [1.165, 1.54) is 11.2 Å². The Balaban J connectivity index is 1.47. The molecule has 4 rings (SSSR count). The highest BCUT2D eigenvalue weighted by molar-refractivity contribution is 7.13. The molecule has 4 heterocycles. The highest BCUT2D eigenvalue weighted by Crippen LogP contribution is 2.27. The number of nitrogens with zero attached hydrogens (tertiary/aromatic N) is 5. The van der Waals surface area contributed by atoms with E-state index in [0.29, 0.717) is 10.9 Å². The Morgan fingerprint density at radius 1 is 1.16 bits per heavy atom. The molecule has 0 aromatic carbocycles. The summed E-state index contributed by atoms with van der Waals surface area (Å²) in [5, 5.41) is 0.657. The summed E-state index contributed by atoms with van der Waals surface area (Å²) in [4.78, 5) is 31.0. The first-order chi connectivity index (χ1) is 12.2. The largest absolute Gasteiger partial charge is 0.481 e. The monoisotopic (exact) mass is 359 g/mol. The van der Waals surface area contributed by atoms with E-state index >= 15 is 0 Å². The minimum atomic E-state index is 0.105. The second-order valence-corrected chi connectivity index (χ2v) is 7.38. The summed E-state index contributed by atoms with van der Waals surface area (Å²) in [6.45, 7) is 3.42. The maximum Gasteiger partial charge on any atom is 0.282 e. The molecule has 25 heavy (non-hydrogen) atoms. The van der Waals surface area contributed by atoms with Crippen molar-refractivity contribution in [2.45, 2.75) is 25.7 Å². The second kappa shape index (κ2) is 6.95. The number of aromatic nitrogens is 3. The maximum absolute atomic E-state index is 12.5. The highest BCUT2D eigenvalue weighted by Gasteiger charge is 2.26. The molecule has 2 aliphatic rings. The van der Waals surface area contributed by atoms with E-state index in [1.807, 2.05) is 11.0 Å². The van der Waals surface area contributed by atoms with Crippen LogP contribution in [-0.4, -0.2) is 59.0 Å². The van der Waals surface area contributed by atoms with Crippen molar-refractivity contribution >= 4 is 23.1 Å². The standard InChI is InChI=1S/C17H21N5O2S/c1-24-15-10-14(18-11-19-15)21-8-4-12-13(5-9-21)25-16(20-12)17(23)22-6-2-3-7-22/h10-11H,2-9H2,1H3. The fraction of sp³-hybridized carbons (Fsp3) is 0.529. The number of thiazole rings is 1. The third-order valence-corrected chi connectivity index (χ3v) is 5.89. The van der Waals surface area contributed by atoms with Crippen LogP contribution in [0.15, 0.2) is 12.4 Å². The van der Waals surface area contributed by atoms with Crippen molar-refractivity contribution in [3.63, 3.8) is 0 Å². The van der Waals surface area contributed by atoms with Crippen molar-refractivity contribution in [1.82, 2.24) is 19.9 Å². The van der Waals surface area contributed by atoms with Gasteiger partial charge in [-0.3, -0.25) is 4.79 Å². The fourth-order valence-corrected chi connectivity index (χ4v) is 4.42. The molecule has 0 aliphatic carbocycles. The Morgan fingerprint density at radius 2 is 1.96 bits per heavy atom. The fourth-order valence-electron chi connectivity index (χ4n) is 3.35. The van der Waals surface area contributed by atoms with Gasteiger partial charge in [0.2, 0.25) is 5.88 Å². The molecule has 0 bridgehead atoms. The van der Waals surface area contributed by atoms with Crippen LogP contribution < -0.4 is 9.64 Å².